The van der Waals surface area contributed by atoms with E-state index in [-0.39, 0.29) is 0 Å². The molecule has 1 aromatic rings. The van der Waals surface area contributed by atoms with Crippen molar-refractivity contribution in [3.05, 3.63) is 22.1 Å². The average Bonchev–Trinajstić information content (AvgIpc) is 2.03. The molecule has 0 fully saturated rings. The summed E-state index contributed by atoms with van der Waals surface area (Å²) in [6.07, 6.45) is 4.06. The molecule has 0 bridgehead atoms. The molecule has 0 spiro atoms. The van der Waals surface area contributed by atoms with Crippen LogP contribution in [0.15, 0.2) is 0 Å². The fourth-order valence-corrected chi connectivity index (χ4v) is 1.32. The molecule has 0 N–H and O–H groups in total. The Hall–Kier alpha value is -1.18. The molecule has 0 saturated carbocycles. The summed E-state index contributed by atoms with van der Waals surface area (Å²) in [6, 6.07) is 0. The van der Waals surface area contributed by atoms with Crippen LogP contribution in [-0.2, 0) is 0 Å². The van der Waals surface area contributed by atoms with Crippen LogP contribution in [0.5, 0.6) is 0 Å². The standard InChI is InChI=1S/C10H14N2/c1-5-9-7(3)11-8(4)12-10(9)6-2/h5-6H,1-4H3/b9-5-,10-6+. The molecule has 0 atom stereocenters. The lowest BCUT2D eigenvalue weighted by atomic mass is 10.3. The molecule has 1 heterocycles. The minimum Gasteiger partial charge on any atom is -0.238 e. The first-order valence-electron chi connectivity index (χ1n) is 4.13. The van der Waals surface area contributed by atoms with E-state index >= 15 is 0 Å². The maximum absolute atomic E-state index is 4.33. The molecule has 64 valence electrons. The molecule has 0 unspecified atom stereocenters. The van der Waals surface area contributed by atoms with Gasteiger partial charge in [-0.05, 0) is 27.7 Å². The van der Waals surface area contributed by atoms with E-state index < -0.39 is 0 Å². The summed E-state index contributed by atoms with van der Waals surface area (Å²) < 4.78 is 0. The lowest BCUT2D eigenvalue weighted by Gasteiger charge is -1.96. The summed E-state index contributed by atoms with van der Waals surface area (Å²) in [7, 11) is 0. The van der Waals surface area contributed by atoms with E-state index in [1.54, 1.807) is 0 Å². The van der Waals surface area contributed by atoms with Gasteiger partial charge in [0.1, 0.15) is 5.82 Å². The third-order valence-corrected chi connectivity index (χ3v) is 1.84. The molecule has 2 nitrogen and oxygen atoms in total. The first kappa shape index (κ1) is 8.91. The zero-order chi connectivity index (χ0) is 9.14. The van der Waals surface area contributed by atoms with Gasteiger partial charge >= 0.3 is 0 Å². The Bertz CT molecular complexity index is 391. The molecule has 0 aliphatic rings. The zero-order valence-electron chi connectivity index (χ0n) is 8.05. The smallest absolute Gasteiger partial charge is 0.126 e. The lowest BCUT2D eigenvalue weighted by molar-refractivity contribution is 0.965. The van der Waals surface area contributed by atoms with Crippen LogP contribution in [0.2, 0.25) is 0 Å². The van der Waals surface area contributed by atoms with Crippen LogP contribution in [0.3, 0.4) is 0 Å². The minimum atomic E-state index is 0.839. The Morgan fingerprint density at radius 2 is 1.67 bits per heavy atom. The molecular weight excluding hydrogens is 148 g/mol. The van der Waals surface area contributed by atoms with Crippen molar-refractivity contribution in [2.45, 2.75) is 27.7 Å². The largest absolute Gasteiger partial charge is 0.238 e. The molecule has 2 heteroatoms. The van der Waals surface area contributed by atoms with E-state index in [4.69, 9.17) is 0 Å². The minimum absolute atomic E-state index is 0.839. The van der Waals surface area contributed by atoms with E-state index in [0.29, 0.717) is 0 Å². The van der Waals surface area contributed by atoms with Gasteiger partial charge in [0.05, 0.1) is 5.35 Å². The molecule has 12 heavy (non-hydrogen) atoms. The maximum atomic E-state index is 4.33. The maximum Gasteiger partial charge on any atom is 0.126 e. The topological polar surface area (TPSA) is 25.8 Å². The Morgan fingerprint density at radius 3 is 2.17 bits per heavy atom. The highest BCUT2D eigenvalue weighted by Crippen LogP contribution is 1.81. The van der Waals surface area contributed by atoms with Crippen LogP contribution in [0.25, 0.3) is 12.2 Å². The van der Waals surface area contributed by atoms with E-state index in [1.807, 2.05) is 39.8 Å². The quantitative estimate of drug-likeness (QED) is 0.561. The third kappa shape index (κ3) is 1.52. The highest BCUT2D eigenvalue weighted by Gasteiger charge is 1.93. The van der Waals surface area contributed by atoms with E-state index in [1.165, 1.54) is 0 Å². The van der Waals surface area contributed by atoms with Crippen molar-refractivity contribution in [2.24, 2.45) is 0 Å². The number of aromatic nitrogens is 2. The molecule has 1 aromatic heterocycles. The predicted octanol–water partition coefficient (Wildman–Crippen LogP) is 0.694. The van der Waals surface area contributed by atoms with Crippen molar-refractivity contribution in [1.29, 1.82) is 0 Å². The molecular formula is C10H14N2. The summed E-state index contributed by atoms with van der Waals surface area (Å²) in [5, 5.41) is 2.17. The van der Waals surface area contributed by atoms with Gasteiger partial charge in [-0.15, -0.1) is 0 Å². The molecule has 1 rings (SSSR count). The van der Waals surface area contributed by atoms with Gasteiger partial charge < -0.3 is 0 Å². The third-order valence-electron chi connectivity index (χ3n) is 1.84. The second kappa shape index (κ2) is 3.48. The van der Waals surface area contributed by atoms with E-state index in [9.17, 15) is 0 Å². The number of aryl methyl sites for hydroxylation is 2. The summed E-state index contributed by atoms with van der Waals surface area (Å²) >= 11 is 0. The number of hydrogen-bond donors (Lipinski definition) is 0. The SMILES string of the molecule is C/C=c1/c(C)nc(C)n/c1=C/C. The summed E-state index contributed by atoms with van der Waals surface area (Å²) in [4.78, 5) is 8.62. The fraction of sp³-hybridized carbons (Fsp3) is 0.400. The molecule has 0 aliphatic heterocycles. The van der Waals surface area contributed by atoms with Gasteiger partial charge in [0.15, 0.2) is 0 Å². The number of nitrogens with zero attached hydrogens (tertiary/aromatic N) is 2. The summed E-state index contributed by atoms with van der Waals surface area (Å²) in [5.41, 5.74) is 1.05. The zero-order valence-corrected chi connectivity index (χ0v) is 8.05. The lowest BCUT2D eigenvalue weighted by Crippen LogP contribution is -2.32. The van der Waals surface area contributed by atoms with Gasteiger partial charge in [0.2, 0.25) is 0 Å². The van der Waals surface area contributed by atoms with Crippen molar-refractivity contribution in [2.75, 3.05) is 0 Å². The van der Waals surface area contributed by atoms with Gasteiger partial charge in [-0.2, -0.15) is 0 Å². The Kier molecular flexibility index (Phi) is 2.58. The van der Waals surface area contributed by atoms with Gasteiger partial charge in [-0.1, -0.05) is 12.2 Å². The predicted molar refractivity (Wildman–Crippen MR) is 51.0 cm³/mol. The van der Waals surface area contributed by atoms with Crippen molar-refractivity contribution in [1.82, 2.24) is 9.97 Å². The van der Waals surface area contributed by atoms with Crippen LogP contribution in [0.4, 0.5) is 0 Å². The Morgan fingerprint density at radius 1 is 1.00 bits per heavy atom. The van der Waals surface area contributed by atoms with Crippen LogP contribution < -0.4 is 10.6 Å². The fourth-order valence-electron chi connectivity index (χ4n) is 1.32. The van der Waals surface area contributed by atoms with E-state index in [0.717, 1.165) is 22.1 Å². The van der Waals surface area contributed by atoms with Crippen molar-refractivity contribution in [3.8, 4) is 0 Å². The van der Waals surface area contributed by atoms with Crippen LogP contribution in [0, 0.1) is 13.8 Å². The van der Waals surface area contributed by atoms with Crippen LogP contribution >= 0.6 is 0 Å². The molecule has 0 aliphatic carbocycles. The van der Waals surface area contributed by atoms with E-state index in [2.05, 4.69) is 9.97 Å². The summed E-state index contributed by atoms with van der Waals surface area (Å²) in [6.45, 7) is 7.93. The van der Waals surface area contributed by atoms with Gasteiger partial charge in [-0.25, -0.2) is 9.97 Å². The average molecular weight is 162 g/mol. The molecule has 0 radical (unpaired) electrons. The van der Waals surface area contributed by atoms with Crippen molar-refractivity contribution >= 4 is 12.2 Å². The van der Waals surface area contributed by atoms with Crippen molar-refractivity contribution < 1.29 is 0 Å². The highest BCUT2D eigenvalue weighted by molar-refractivity contribution is 5.27. The normalized spacial score (nSPS) is 14.0. The van der Waals surface area contributed by atoms with Gasteiger partial charge in [-0.3, -0.25) is 0 Å². The van der Waals surface area contributed by atoms with Gasteiger partial charge in [0.25, 0.3) is 0 Å². The van der Waals surface area contributed by atoms with Crippen LogP contribution in [-0.4, -0.2) is 9.97 Å². The molecule has 0 aromatic carbocycles. The monoisotopic (exact) mass is 162 g/mol. The molecule has 0 saturated heterocycles. The summed E-state index contributed by atoms with van der Waals surface area (Å²) in [5.74, 6) is 0.839. The Balaban J connectivity index is 3.70. The molecule has 0 amide bonds. The van der Waals surface area contributed by atoms with Crippen molar-refractivity contribution in [3.63, 3.8) is 0 Å². The highest BCUT2D eigenvalue weighted by atomic mass is 14.9. The number of hydrogen-bond acceptors (Lipinski definition) is 2. The number of rotatable bonds is 0. The Labute approximate surface area is 72.7 Å². The second-order valence-electron chi connectivity index (χ2n) is 2.73. The second-order valence-corrected chi connectivity index (χ2v) is 2.73. The first-order chi connectivity index (χ1) is 5.69. The van der Waals surface area contributed by atoms with Gasteiger partial charge in [0, 0.05) is 10.9 Å². The van der Waals surface area contributed by atoms with Crippen LogP contribution in [0.1, 0.15) is 25.4 Å². The first-order valence-corrected chi connectivity index (χ1v) is 4.13.